The van der Waals surface area contributed by atoms with Crippen LogP contribution in [0.15, 0.2) is 77.3 Å². The summed E-state index contributed by atoms with van der Waals surface area (Å²) in [6.07, 6.45) is 1.97. The highest BCUT2D eigenvalue weighted by atomic mass is 16.5. The van der Waals surface area contributed by atoms with Crippen LogP contribution in [0, 0.1) is 6.92 Å². The minimum Gasteiger partial charge on any atom is -0.493 e. The number of carbonyl (C=O) groups excluding carboxylic acids is 1. The van der Waals surface area contributed by atoms with E-state index in [1.807, 2.05) is 55.5 Å². The van der Waals surface area contributed by atoms with Crippen molar-refractivity contribution in [1.82, 2.24) is 10.5 Å². The van der Waals surface area contributed by atoms with Crippen LogP contribution in [0.4, 0.5) is 5.69 Å². The molecule has 0 saturated heterocycles. The second-order valence-corrected chi connectivity index (χ2v) is 12.6. The fourth-order valence-corrected chi connectivity index (χ4v) is 6.25. The van der Waals surface area contributed by atoms with Gasteiger partial charge in [0.05, 0.1) is 52.3 Å². The maximum Gasteiger partial charge on any atom is 0.255 e. The molecule has 52 heavy (non-hydrogen) atoms. The number of nitrogens with zero attached hydrogens (tertiary/aromatic N) is 1. The molecule has 12 heteroatoms. The summed E-state index contributed by atoms with van der Waals surface area (Å²) in [7, 11) is 1.58. The fourth-order valence-electron chi connectivity index (χ4n) is 6.25. The Balaban J connectivity index is 1.01. The summed E-state index contributed by atoms with van der Waals surface area (Å²) in [5, 5.41) is 49.9. The maximum atomic E-state index is 12.7. The zero-order valence-corrected chi connectivity index (χ0v) is 29.1. The highest BCUT2D eigenvalue weighted by Crippen LogP contribution is 2.35. The lowest BCUT2D eigenvalue weighted by molar-refractivity contribution is 0.0935. The quantitative estimate of drug-likeness (QED) is 0.0686. The van der Waals surface area contributed by atoms with Crippen LogP contribution in [-0.4, -0.2) is 51.8 Å². The van der Waals surface area contributed by atoms with Gasteiger partial charge < -0.3 is 49.8 Å². The van der Waals surface area contributed by atoms with E-state index in [-0.39, 0.29) is 32.3 Å². The molecule has 1 unspecified atom stereocenters. The van der Waals surface area contributed by atoms with Crippen molar-refractivity contribution in [1.29, 1.82) is 0 Å². The molecule has 0 aliphatic carbocycles. The Kier molecular flexibility index (Phi) is 11.7. The van der Waals surface area contributed by atoms with Gasteiger partial charge in [0.1, 0.15) is 17.6 Å². The number of carbonyl (C=O) groups is 1. The topological polar surface area (TPSA) is 176 Å². The number of anilines is 1. The monoisotopic (exact) mass is 709 g/mol. The first-order valence-electron chi connectivity index (χ1n) is 17.2. The second kappa shape index (κ2) is 16.7. The Labute approximate surface area is 301 Å². The number of hydrogen-bond acceptors (Lipinski definition) is 11. The molecule has 0 saturated carbocycles. The van der Waals surface area contributed by atoms with Crippen molar-refractivity contribution in [3.8, 4) is 39.8 Å². The van der Waals surface area contributed by atoms with Crippen LogP contribution in [-0.2, 0) is 26.4 Å². The molecule has 5 aromatic rings. The summed E-state index contributed by atoms with van der Waals surface area (Å²) in [4.78, 5) is 12.7. The number of aromatic nitrogens is 1. The summed E-state index contributed by atoms with van der Waals surface area (Å²) in [5.41, 5.74) is 7.29. The van der Waals surface area contributed by atoms with Crippen LogP contribution < -0.4 is 24.8 Å². The standard InChI is InChI=1S/C40H43N3O9/c1-24-6-9-33-31(14-24)40(48)42-39(41-33)26-8-10-35(30(15-26)22-46)50-12-4-3-5-13-51-38-18-25(7-11-36(38)49-2)34-19-37(52-43-34)27-16-28(20-44)32(23-47)29(17-27)21-45/h6-11,14-19,39,41,44-47H,3-5,12-13,20-23H2,1-2H3,(H,42,48). The highest BCUT2D eigenvalue weighted by molar-refractivity contribution is 6.01. The molecule has 1 aliphatic rings. The predicted molar refractivity (Wildman–Crippen MR) is 194 cm³/mol. The SMILES string of the molecule is COc1ccc(-c2cc(-c3cc(CO)c(CO)c(CO)c3)on2)cc1OCCCCCOc1ccc(C2NC(=O)c3cc(C)ccc3N2)cc1CO. The third kappa shape index (κ3) is 8.05. The average molecular weight is 710 g/mol. The van der Waals surface area contributed by atoms with Gasteiger partial charge in [-0.3, -0.25) is 4.79 Å². The van der Waals surface area contributed by atoms with E-state index in [9.17, 15) is 25.2 Å². The molecule has 2 heterocycles. The number of unbranched alkanes of at least 4 members (excludes halogenated alkanes) is 2. The van der Waals surface area contributed by atoms with E-state index in [1.165, 1.54) is 0 Å². The van der Waals surface area contributed by atoms with Crippen molar-refractivity contribution < 1.29 is 44.0 Å². The van der Waals surface area contributed by atoms with Crippen molar-refractivity contribution >= 4 is 11.6 Å². The van der Waals surface area contributed by atoms with E-state index in [0.717, 1.165) is 41.6 Å². The Morgan fingerprint density at radius 2 is 1.42 bits per heavy atom. The average Bonchev–Trinajstić information content (AvgIpc) is 3.67. The molecule has 6 rings (SSSR count). The van der Waals surface area contributed by atoms with Gasteiger partial charge in [-0.15, -0.1) is 0 Å². The number of methoxy groups -OCH3 is 1. The molecule has 0 radical (unpaired) electrons. The summed E-state index contributed by atoms with van der Waals surface area (Å²) in [6.45, 7) is 1.79. The summed E-state index contributed by atoms with van der Waals surface area (Å²) in [6, 6.07) is 22.0. The lowest BCUT2D eigenvalue weighted by Crippen LogP contribution is -2.38. The van der Waals surface area contributed by atoms with E-state index >= 15 is 0 Å². The number of aryl methyl sites for hydroxylation is 1. The number of rotatable bonds is 16. The maximum absolute atomic E-state index is 12.7. The van der Waals surface area contributed by atoms with Gasteiger partial charge in [-0.25, -0.2) is 0 Å². The normalized spacial score (nSPS) is 13.7. The van der Waals surface area contributed by atoms with Crippen molar-refractivity contribution in [2.75, 3.05) is 25.6 Å². The molecule has 0 bridgehead atoms. The molecule has 0 spiro atoms. The number of nitrogens with one attached hydrogen (secondary N) is 2. The number of ether oxygens (including phenoxy) is 3. The summed E-state index contributed by atoms with van der Waals surface area (Å²) in [5.74, 6) is 2.04. The van der Waals surface area contributed by atoms with Crippen LogP contribution >= 0.6 is 0 Å². The van der Waals surface area contributed by atoms with E-state index in [4.69, 9.17) is 18.7 Å². The Morgan fingerprint density at radius 1 is 0.712 bits per heavy atom. The molecular weight excluding hydrogens is 666 g/mol. The van der Waals surface area contributed by atoms with Gasteiger partial charge in [0.2, 0.25) is 0 Å². The first-order chi connectivity index (χ1) is 25.3. The number of amides is 1. The molecule has 272 valence electrons. The lowest BCUT2D eigenvalue weighted by atomic mass is 9.97. The minimum atomic E-state index is -0.424. The van der Waals surface area contributed by atoms with Crippen molar-refractivity contribution in [2.45, 2.75) is 58.8 Å². The molecule has 6 N–H and O–H groups in total. The van der Waals surface area contributed by atoms with Gasteiger partial charge in [0.25, 0.3) is 5.91 Å². The number of aliphatic hydroxyl groups is 4. The van der Waals surface area contributed by atoms with Crippen molar-refractivity contribution in [3.63, 3.8) is 0 Å². The third-order valence-corrected chi connectivity index (χ3v) is 9.07. The van der Waals surface area contributed by atoms with Crippen LogP contribution in [0.25, 0.3) is 22.6 Å². The molecule has 12 nitrogen and oxygen atoms in total. The second-order valence-electron chi connectivity index (χ2n) is 12.6. The molecule has 1 atom stereocenters. The largest absolute Gasteiger partial charge is 0.493 e. The Bertz CT molecular complexity index is 2000. The van der Waals surface area contributed by atoms with Gasteiger partial charge >= 0.3 is 0 Å². The van der Waals surface area contributed by atoms with E-state index in [1.54, 1.807) is 31.4 Å². The first kappa shape index (κ1) is 36.4. The Morgan fingerprint density at radius 3 is 2.12 bits per heavy atom. The van der Waals surface area contributed by atoms with E-state index < -0.39 is 6.17 Å². The first-order valence-corrected chi connectivity index (χ1v) is 17.2. The minimum absolute atomic E-state index is 0.146. The summed E-state index contributed by atoms with van der Waals surface area (Å²) >= 11 is 0. The highest BCUT2D eigenvalue weighted by Gasteiger charge is 2.25. The van der Waals surface area contributed by atoms with Gasteiger partial charge in [-0.1, -0.05) is 22.9 Å². The van der Waals surface area contributed by atoms with Crippen LogP contribution in [0.3, 0.4) is 0 Å². The van der Waals surface area contributed by atoms with E-state index in [2.05, 4.69) is 15.8 Å². The number of hydrogen-bond donors (Lipinski definition) is 6. The predicted octanol–water partition coefficient (Wildman–Crippen LogP) is 5.78. The third-order valence-electron chi connectivity index (χ3n) is 9.07. The number of aliphatic hydroxyl groups excluding tert-OH is 4. The summed E-state index contributed by atoms with van der Waals surface area (Å²) < 4.78 is 23.3. The molecule has 1 aliphatic heterocycles. The van der Waals surface area contributed by atoms with Crippen molar-refractivity contribution in [3.05, 3.63) is 112 Å². The van der Waals surface area contributed by atoms with Gasteiger partial charge in [0, 0.05) is 28.4 Å². The molecular formula is C40H43N3O9. The molecule has 4 aromatic carbocycles. The number of benzene rings is 4. The van der Waals surface area contributed by atoms with Gasteiger partial charge in [-0.05, 0) is 103 Å². The Hall–Kier alpha value is -5.40. The van der Waals surface area contributed by atoms with Gasteiger partial charge in [-0.2, -0.15) is 0 Å². The molecule has 1 aromatic heterocycles. The fraction of sp³-hybridized carbons (Fsp3) is 0.300. The smallest absolute Gasteiger partial charge is 0.255 e. The lowest BCUT2D eigenvalue weighted by Gasteiger charge is -2.29. The van der Waals surface area contributed by atoms with E-state index in [0.29, 0.717) is 75.3 Å². The molecule has 0 fully saturated rings. The van der Waals surface area contributed by atoms with Crippen LogP contribution in [0.2, 0.25) is 0 Å². The zero-order valence-electron chi connectivity index (χ0n) is 29.1. The molecule has 1 amide bonds. The number of fused-ring (bicyclic) bond motifs is 1. The van der Waals surface area contributed by atoms with Crippen LogP contribution in [0.1, 0.15) is 69.2 Å². The van der Waals surface area contributed by atoms with Crippen molar-refractivity contribution in [2.24, 2.45) is 0 Å². The zero-order chi connectivity index (χ0) is 36.6. The van der Waals surface area contributed by atoms with Gasteiger partial charge in [0.15, 0.2) is 17.3 Å². The van der Waals surface area contributed by atoms with Crippen LogP contribution in [0.5, 0.6) is 17.2 Å².